The zero-order chi connectivity index (χ0) is 33.2. The van der Waals surface area contributed by atoms with Crippen molar-refractivity contribution in [3.63, 3.8) is 0 Å². The Hall–Kier alpha value is -3.40. The van der Waals surface area contributed by atoms with E-state index < -0.39 is 0 Å². The van der Waals surface area contributed by atoms with Gasteiger partial charge in [0.25, 0.3) is 0 Å². The van der Waals surface area contributed by atoms with E-state index in [2.05, 4.69) is 91.8 Å². The van der Waals surface area contributed by atoms with Crippen LogP contribution < -0.4 is 9.47 Å². The minimum Gasteiger partial charge on any atom is -0.507 e. The number of hydrogen-bond donors (Lipinski definition) is 2. The molecule has 4 nitrogen and oxygen atoms in total. The van der Waals surface area contributed by atoms with Crippen molar-refractivity contribution < 1.29 is 19.7 Å². The smallest absolute Gasteiger partial charge is 0.132 e. The van der Waals surface area contributed by atoms with Crippen LogP contribution >= 0.6 is 0 Å². The Morgan fingerprint density at radius 2 is 1.39 bits per heavy atom. The van der Waals surface area contributed by atoms with Gasteiger partial charge in [-0.05, 0) is 121 Å². The summed E-state index contributed by atoms with van der Waals surface area (Å²) in [6.45, 7) is 17.3. The van der Waals surface area contributed by atoms with Gasteiger partial charge in [-0.3, -0.25) is 0 Å². The third kappa shape index (κ3) is 7.11. The van der Waals surface area contributed by atoms with Crippen molar-refractivity contribution in [2.24, 2.45) is 5.92 Å². The molecule has 3 aliphatic rings. The van der Waals surface area contributed by atoms with Gasteiger partial charge in [0.15, 0.2) is 0 Å². The number of unbranched alkanes of at least 4 members (excludes halogenated alkanes) is 4. The fraction of sp³-hybridized carbons (Fsp3) is 0.524. The van der Waals surface area contributed by atoms with Crippen LogP contribution in [0.3, 0.4) is 0 Å². The maximum atomic E-state index is 10.7. The van der Waals surface area contributed by atoms with Gasteiger partial charge in [0, 0.05) is 23.0 Å². The molecule has 2 N–H and O–H groups in total. The lowest BCUT2D eigenvalue weighted by atomic mass is 9.68. The molecule has 1 unspecified atom stereocenters. The summed E-state index contributed by atoms with van der Waals surface area (Å²) in [6, 6.07) is 14.5. The third-order valence-corrected chi connectivity index (χ3v) is 10.3. The molecule has 2 aliphatic heterocycles. The Kier molecular flexibility index (Phi) is 10.2. The number of hydrogen-bond acceptors (Lipinski definition) is 4. The highest BCUT2D eigenvalue weighted by molar-refractivity contribution is 5.82. The Balaban J connectivity index is 0.000000181. The standard InChI is InChI=1S/C21H30O2.C21H26O2/c2*1-5-6-7-8-15-12-18(22)20-16-11-14(2)9-10-17(16)21(3,4)23-19(20)13-15/h11-13,16-17,22H,5-10H2,1-4H3;9-13,22H,5-8H2,1-4H3/t16-,17?;/m1./s1. The van der Waals surface area contributed by atoms with Crippen LogP contribution in [0.1, 0.15) is 134 Å². The Morgan fingerprint density at radius 3 is 2.04 bits per heavy atom. The molecular weight excluding hydrogens is 568 g/mol. The molecule has 1 aliphatic carbocycles. The van der Waals surface area contributed by atoms with Crippen LogP contribution in [0.5, 0.6) is 23.0 Å². The SMILES string of the molecule is CCCCCc1cc(O)c2c(c1)OC(C)(C)C1CCC(C)=C[C@@H]21.CCCCCc1cc(O)c2c(c1)OC(C)(C)c1ccc(C)cc1-2. The van der Waals surface area contributed by atoms with E-state index in [1.54, 1.807) is 0 Å². The van der Waals surface area contributed by atoms with Gasteiger partial charge in [-0.15, -0.1) is 0 Å². The lowest BCUT2D eigenvalue weighted by Gasteiger charge is -2.46. The molecule has 0 bridgehead atoms. The molecule has 3 aromatic rings. The average Bonchev–Trinajstić information content (AvgIpc) is 2.96. The van der Waals surface area contributed by atoms with E-state index in [1.165, 1.54) is 48.8 Å². The largest absolute Gasteiger partial charge is 0.507 e. The van der Waals surface area contributed by atoms with Gasteiger partial charge in [-0.25, -0.2) is 0 Å². The summed E-state index contributed by atoms with van der Waals surface area (Å²) >= 11 is 0. The van der Waals surface area contributed by atoms with Crippen molar-refractivity contribution in [2.45, 2.75) is 137 Å². The number of phenolic OH excluding ortho intramolecular Hbond substituents is 2. The lowest BCUT2D eigenvalue weighted by molar-refractivity contribution is 0.0107. The first-order valence-electron chi connectivity index (χ1n) is 17.7. The maximum Gasteiger partial charge on any atom is 0.132 e. The predicted molar refractivity (Wildman–Crippen MR) is 190 cm³/mol. The van der Waals surface area contributed by atoms with E-state index in [4.69, 9.17) is 9.47 Å². The number of benzene rings is 3. The highest BCUT2D eigenvalue weighted by atomic mass is 16.5. The highest BCUT2D eigenvalue weighted by Crippen LogP contribution is 2.54. The molecule has 2 heterocycles. The Labute approximate surface area is 277 Å². The first-order chi connectivity index (χ1) is 21.8. The van der Waals surface area contributed by atoms with Gasteiger partial charge < -0.3 is 19.7 Å². The lowest BCUT2D eigenvalue weighted by Crippen LogP contribution is -2.45. The molecule has 0 amide bonds. The second-order valence-corrected chi connectivity index (χ2v) is 15.0. The third-order valence-electron chi connectivity index (χ3n) is 10.3. The second kappa shape index (κ2) is 13.8. The zero-order valence-corrected chi connectivity index (χ0v) is 29.6. The number of aryl methyl sites for hydroxylation is 3. The normalized spacial score (nSPS) is 20.0. The van der Waals surface area contributed by atoms with Crippen LogP contribution in [0.15, 0.2) is 54.1 Å². The van der Waals surface area contributed by atoms with Crippen molar-refractivity contribution >= 4 is 0 Å². The van der Waals surface area contributed by atoms with Gasteiger partial charge in [0.05, 0.1) is 5.56 Å². The van der Waals surface area contributed by atoms with Crippen LogP contribution in [0.4, 0.5) is 0 Å². The van der Waals surface area contributed by atoms with Gasteiger partial charge in [0.1, 0.15) is 34.2 Å². The molecule has 0 saturated heterocycles. The molecule has 0 aromatic heterocycles. The number of rotatable bonds is 8. The molecule has 0 fully saturated rings. The average molecular weight is 625 g/mol. The first-order valence-corrected chi connectivity index (χ1v) is 17.7. The zero-order valence-electron chi connectivity index (χ0n) is 29.6. The summed E-state index contributed by atoms with van der Waals surface area (Å²) in [5.74, 6) is 3.18. The molecule has 6 rings (SSSR count). The fourth-order valence-corrected chi connectivity index (χ4v) is 7.75. The molecule has 0 spiro atoms. The number of allylic oxidation sites excluding steroid dienone is 2. The van der Waals surface area contributed by atoms with Crippen molar-refractivity contribution in [3.05, 3.63) is 81.9 Å². The molecule has 46 heavy (non-hydrogen) atoms. The molecule has 0 saturated carbocycles. The van der Waals surface area contributed by atoms with Crippen molar-refractivity contribution in [3.8, 4) is 34.1 Å². The van der Waals surface area contributed by atoms with Gasteiger partial charge >= 0.3 is 0 Å². The number of ether oxygens (including phenoxy) is 2. The summed E-state index contributed by atoms with van der Waals surface area (Å²) < 4.78 is 12.6. The minimum atomic E-state index is -0.384. The molecule has 3 aromatic carbocycles. The van der Waals surface area contributed by atoms with E-state index in [-0.39, 0.29) is 17.1 Å². The van der Waals surface area contributed by atoms with Crippen LogP contribution in [-0.2, 0) is 18.4 Å². The number of phenols is 2. The van der Waals surface area contributed by atoms with Crippen LogP contribution in [-0.4, -0.2) is 15.8 Å². The topological polar surface area (TPSA) is 58.9 Å². The highest BCUT2D eigenvalue weighted by Gasteiger charge is 2.45. The van der Waals surface area contributed by atoms with Crippen LogP contribution in [0.2, 0.25) is 0 Å². The van der Waals surface area contributed by atoms with Gasteiger partial charge in [-0.2, -0.15) is 0 Å². The molecule has 0 radical (unpaired) electrons. The van der Waals surface area contributed by atoms with Gasteiger partial charge in [-0.1, -0.05) is 74.9 Å². The van der Waals surface area contributed by atoms with E-state index in [9.17, 15) is 10.2 Å². The van der Waals surface area contributed by atoms with E-state index in [0.29, 0.717) is 17.4 Å². The van der Waals surface area contributed by atoms with Crippen molar-refractivity contribution in [1.29, 1.82) is 0 Å². The molecule has 248 valence electrons. The maximum absolute atomic E-state index is 10.7. The first kappa shape index (κ1) is 33.9. The molecule has 2 atom stereocenters. The number of fused-ring (bicyclic) bond motifs is 6. The van der Waals surface area contributed by atoms with Crippen molar-refractivity contribution in [2.75, 3.05) is 0 Å². The van der Waals surface area contributed by atoms with Crippen LogP contribution in [0, 0.1) is 12.8 Å². The molecule has 4 heteroatoms. The summed E-state index contributed by atoms with van der Waals surface area (Å²) in [4.78, 5) is 0. The minimum absolute atomic E-state index is 0.177. The van der Waals surface area contributed by atoms with E-state index in [1.807, 2.05) is 12.1 Å². The summed E-state index contributed by atoms with van der Waals surface area (Å²) in [6.07, 6.45) is 13.8. The van der Waals surface area contributed by atoms with Crippen molar-refractivity contribution in [1.82, 2.24) is 0 Å². The van der Waals surface area contributed by atoms with Gasteiger partial charge in [0.2, 0.25) is 0 Å². The van der Waals surface area contributed by atoms with Crippen LogP contribution in [0.25, 0.3) is 11.1 Å². The summed E-state index contributed by atoms with van der Waals surface area (Å²) in [5.41, 5.74) is 8.48. The monoisotopic (exact) mass is 624 g/mol. The van der Waals surface area contributed by atoms with E-state index >= 15 is 0 Å². The quantitative estimate of drug-likeness (QED) is 0.193. The fourth-order valence-electron chi connectivity index (χ4n) is 7.75. The Morgan fingerprint density at radius 1 is 0.761 bits per heavy atom. The van der Waals surface area contributed by atoms with E-state index in [0.717, 1.165) is 71.4 Å². The second-order valence-electron chi connectivity index (χ2n) is 15.0. The number of aromatic hydroxyl groups is 2. The summed E-state index contributed by atoms with van der Waals surface area (Å²) in [7, 11) is 0. The summed E-state index contributed by atoms with van der Waals surface area (Å²) in [5, 5.41) is 21.3. The molecular formula is C42H56O4. The Bertz CT molecular complexity index is 1580. The predicted octanol–water partition coefficient (Wildman–Crippen LogP) is 11.5.